The molecule has 0 aliphatic carbocycles. The lowest BCUT2D eigenvalue weighted by atomic mass is 10.1. The summed E-state index contributed by atoms with van der Waals surface area (Å²) in [5.41, 5.74) is 13.5. The molecule has 0 bridgehead atoms. The summed E-state index contributed by atoms with van der Waals surface area (Å²) >= 11 is 7.69. The topological polar surface area (TPSA) is 90.2 Å². The second-order valence-electron chi connectivity index (χ2n) is 4.56. The standard InChI is InChI=1S/C14H12ClN5S/c1-7-4-11(21-6-7)12-9-5-8(15)2-3-10(9)18-14(19-12)20-13(16)17/h2-6H,1H3,(H4,16,17,18,19,20). The molecule has 1 aromatic carbocycles. The third kappa shape index (κ3) is 2.81. The average molecular weight is 318 g/mol. The SMILES string of the molecule is Cc1csc(-c2nc(N=C(N)N)nc3ccc(Cl)cc23)c1. The van der Waals surface area contributed by atoms with Gasteiger partial charge in [-0.1, -0.05) is 11.6 Å². The summed E-state index contributed by atoms with van der Waals surface area (Å²) in [6, 6.07) is 7.52. The molecule has 0 aliphatic heterocycles. The number of benzene rings is 1. The molecule has 0 atom stereocenters. The van der Waals surface area contributed by atoms with Crippen molar-refractivity contribution >= 4 is 45.7 Å². The highest BCUT2D eigenvalue weighted by Crippen LogP contribution is 2.33. The first-order valence-corrected chi connectivity index (χ1v) is 7.41. The van der Waals surface area contributed by atoms with Crippen molar-refractivity contribution in [1.82, 2.24) is 9.97 Å². The van der Waals surface area contributed by atoms with Gasteiger partial charge in [0.1, 0.15) is 0 Å². The molecule has 0 saturated carbocycles. The third-order valence-electron chi connectivity index (χ3n) is 2.84. The second kappa shape index (κ2) is 5.31. The number of aliphatic imine (C=N–C) groups is 1. The molecule has 0 spiro atoms. The number of fused-ring (bicyclic) bond motifs is 1. The zero-order chi connectivity index (χ0) is 15.0. The minimum atomic E-state index is -0.0726. The van der Waals surface area contributed by atoms with Gasteiger partial charge in [0.25, 0.3) is 5.95 Å². The lowest BCUT2D eigenvalue weighted by Gasteiger charge is -2.05. The zero-order valence-corrected chi connectivity index (χ0v) is 12.7. The fourth-order valence-corrected chi connectivity index (χ4v) is 3.07. The summed E-state index contributed by atoms with van der Waals surface area (Å²) in [4.78, 5) is 13.8. The lowest BCUT2D eigenvalue weighted by Crippen LogP contribution is -2.22. The van der Waals surface area contributed by atoms with E-state index in [1.165, 1.54) is 5.56 Å². The Kier molecular flexibility index (Phi) is 3.48. The van der Waals surface area contributed by atoms with Crippen LogP contribution in [0.25, 0.3) is 21.5 Å². The van der Waals surface area contributed by atoms with Gasteiger partial charge >= 0.3 is 0 Å². The second-order valence-corrected chi connectivity index (χ2v) is 5.91. The first-order valence-electron chi connectivity index (χ1n) is 6.15. The molecule has 106 valence electrons. The van der Waals surface area contributed by atoms with Crippen LogP contribution in [0, 0.1) is 6.92 Å². The van der Waals surface area contributed by atoms with Crippen LogP contribution in [0.3, 0.4) is 0 Å². The van der Waals surface area contributed by atoms with Gasteiger partial charge in [0.15, 0.2) is 5.96 Å². The van der Waals surface area contributed by atoms with E-state index >= 15 is 0 Å². The van der Waals surface area contributed by atoms with E-state index < -0.39 is 0 Å². The van der Waals surface area contributed by atoms with Crippen molar-refractivity contribution in [2.45, 2.75) is 6.92 Å². The first-order chi connectivity index (χ1) is 10.0. The van der Waals surface area contributed by atoms with Gasteiger partial charge in [0.2, 0.25) is 0 Å². The molecular weight excluding hydrogens is 306 g/mol. The Balaban J connectivity index is 2.33. The van der Waals surface area contributed by atoms with E-state index in [4.69, 9.17) is 23.1 Å². The number of rotatable bonds is 2. The highest BCUT2D eigenvalue weighted by atomic mass is 35.5. The molecule has 0 amide bonds. The van der Waals surface area contributed by atoms with Gasteiger partial charge in [-0.15, -0.1) is 11.3 Å². The van der Waals surface area contributed by atoms with E-state index in [2.05, 4.69) is 26.4 Å². The number of hydrogen-bond acceptors (Lipinski definition) is 4. The van der Waals surface area contributed by atoms with Gasteiger partial charge < -0.3 is 11.5 Å². The molecule has 4 N–H and O–H groups in total. The van der Waals surface area contributed by atoms with E-state index in [1.807, 2.05) is 19.1 Å². The van der Waals surface area contributed by atoms with E-state index in [0.717, 1.165) is 21.5 Å². The predicted octanol–water partition coefficient (Wildman–Crippen LogP) is 3.23. The van der Waals surface area contributed by atoms with Crippen LogP contribution in [0.1, 0.15) is 5.56 Å². The molecule has 3 rings (SSSR count). The Morgan fingerprint density at radius 2 is 2.05 bits per heavy atom. The maximum Gasteiger partial charge on any atom is 0.253 e. The summed E-state index contributed by atoms with van der Waals surface area (Å²) in [6.45, 7) is 2.04. The first kappa shape index (κ1) is 13.8. The molecule has 0 radical (unpaired) electrons. The molecule has 0 unspecified atom stereocenters. The Hall–Kier alpha value is -2.18. The highest BCUT2D eigenvalue weighted by molar-refractivity contribution is 7.13. The molecule has 7 heteroatoms. The predicted molar refractivity (Wildman–Crippen MR) is 88.1 cm³/mol. The maximum atomic E-state index is 6.09. The lowest BCUT2D eigenvalue weighted by molar-refractivity contribution is 1.17. The minimum absolute atomic E-state index is 0.0726. The zero-order valence-electron chi connectivity index (χ0n) is 11.2. The third-order valence-corrected chi connectivity index (χ3v) is 4.13. The van der Waals surface area contributed by atoms with Gasteiger partial charge in [0.05, 0.1) is 16.1 Å². The molecule has 2 heterocycles. The van der Waals surface area contributed by atoms with Crippen LogP contribution in [-0.2, 0) is 0 Å². The Bertz CT molecular complexity index is 852. The molecule has 5 nitrogen and oxygen atoms in total. The fourth-order valence-electron chi connectivity index (χ4n) is 2.00. The minimum Gasteiger partial charge on any atom is -0.370 e. The number of thiophene rings is 1. The molecule has 0 fully saturated rings. The largest absolute Gasteiger partial charge is 0.370 e. The molecular formula is C14H12ClN5S. The van der Waals surface area contributed by atoms with E-state index in [9.17, 15) is 0 Å². The number of hydrogen-bond donors (Lipinski definition) is 2. The average Bonchev–Trinajstić information content (AvgIpc) is 2.84. The van der Waals surface area contributed by atoms with Crippen LogP contribution in [0.2, 0.25) is 5.02 Å². The van der Waals surface area contributed by atoms with Crippen LogP contribution >= 0.6 is 22.9 Å². The van der Waals surface area contributed by atoms with Gasteiger partial charge in [-0.25, -0.2) is 9.97 Å². The smallest absolute Gasteiger partial charge is 0.253 e. The van der Waals surface area contributed by atoms with Crippen molar-refractivity contribution in [2.75, 3.05) is 0 Å². The van der Waals surface area contributed by atoms with Crippen LogP contribution < -0.4 is 11.5 Å². The summed E-state index contributed by atoms with van der Waals surface area (Å²) in [6.07, 6.45) is 0. The molecule has 0 saturated heterocycles. The van der Waals surface area contributed by atoms with Gasteiger partial charge in [-0.2, -0.15) is 4.99 Å². The van der Waals surface area contributed by atoms with E-state index in [-0.39, 0.29) is 11.9 Å². The van der Waals surface area contributed by atoms with Crippen molar-refractivity contribution in [3.63, 3.8) is 0 Å². The van der Waals surface area contributed by atoms with E-state index in [0.29, 0.717) is 5.02 Å². The quantitative estimate of drug-likeness (QED) is 0.561. The number of aromatic nitrogens is 2. The van der Waals surface area contributed by atoms with E-state index in [1.54, 1.807) is 17.4 Å². The number of aryl methyl sites for hydroxylation is 1. The number of nitrogens with zero attached hydrogens (tertiary/aromatic N) is 3. The molecule has 21 heavy (non-hydrogen) atoms. The summed E-state index contributed by atoms with van der Waals surface area (Å²) in [5, 5.41) is 3.57. The number of guanidine groups is 1. The van der Waals surface area contributed by atoms with Gasteiger partial charge in [0, 0.05) is 10.4 Å². The summed E-state index contributed by atoms with van der Waals surface area (Å²) < 4.78 is 0. The number of halogens is 1. The van der Waals surface area contributed by atoms with Crippen molar-refractivity contribution in [3.8, 4) is 10.6 Å². The summed E-state index contributed by atoms with van der Waals surface area (Å²) in [5.74, 6) is 0.169. The van der Waals surface area contributed by atoms with Gasteiger partial charge in [-0.3, -0.25) is 0 Å². The van der Waals surface area contributed by atoms with Gasteiger partial charge in [-0.05, 0) is 42.1 Å². The Morgan fingerprint density at radius 1 is 1.24 bits per heavy atom. The van der Waals surface area contributed by atoms with Crippen LogP contribution in [0.5, 0.6) is 0 Å². The van der Waals surface area contributed by atoms with Crippen molar-refractivity contribution < 1.29 is 0 Å². The fraction of sp³-hybridized carbons (Fsp3) is 0.0714. The monoisotopic (exact) mass is 317 g/mol. The van der Waals surface area contributed by atoms with Crippen LogP contribution in [-0.4, -0.2) is 15.9 Å². The Labute approximate surface area is 130 Å². The highest BCUT2D eigenvalue weighted by Gasteiger charge is 2.12. The van der Waals surface area contributed by atoms with Crippen molar-refractivity contribution in [1.29, 1.82) is 0 Å². The molecule has 2 aromatic heterocycles. The Morgan fingerprint density at radius 3 is 2.71 bits per heavy atom. The normalized spacial score (nSPS) is 10.8. The molecule has 3 aromatic rings. The van der Waals surface area contributed by atoms with Crippen molar-refractivity contribution in [3.05, 3.63) is 40.2 Å². The van der Waals surface area contributed by atoms with Crippen LogP contribution in [0.15, 0.2) is 34.6 Å². The van der Waals surface area contributed by atoms with Crippen LogP contribution in [0.4, 0.5) is 5.95 Å². The summed E-state index contributed by atoms with van der Waals surface area (Å²) in [7, 11) is 0. The van der Waals surface area contributed by atoms with Crippen molar-refractivity contribution in [2.24, 2.45) is 16.5 Å². The number of nitrogens with two attached hydrogens (primary N) is 2. The maximum absolute atomic E-state index is 6.09. The molecule has 0 aliphatic rings.